The number of aliphatic hydroxyl groups is 1. The van der Waals surface area contributed by atoms with Crippen LogP contribution in [0.5, 0.6) is 5.75 Å². The molecule has 0 aliphatic heterocycles. The molecule has 0 radical (unpaired) electrons. The van der Waals surface area contributed by atoms with E-state index in [9.17, 15) is 15.0 Å². The molecule has 2 atom stereocenters. The van der Waals surface area contributed by atoms with Gasteiger partial charge in [0.2, 0.25) is 0 Å². The second-order valence-corrected chi connectivity index (χ2v) is 5.88. The summed E-state index contributed by atoms with van der Waals surface area (Å²) in [6, 6.07) is 16.0. The van der Waals surface area contributed by atoms with E-state index in [4.69, 9.17) is 0 Å². The second kappa shape index (κ2) is 8.93. The zero-order chi connectivity index (χ0) is 17.4. The molecule has 0 spiro atoms. The number of amides is 2. The lowest BCUT2D eigenvalue weighted by atomic mass is 10.0. The lowest BCUT2D eigenvalue weighted by molar-refractivity contribution is 0.154. The molecule has 128 valence electrons. The van der Waals surface area contributed by atoms with Crippen LogP contribution in [0.2, 0.25) is 0 Å². The standard InChI is InChI=1S/C19H24N2O3/c1-14(12-18(23)16-7-3-2-4-8-16)21-19(24)20-11-10-15-6-5-9-17(22)13-15/h2-9,13-14,18,22-23H,10-12H2,1H3,(H2,20,21,24). The molecule has 5 heteroatoms. The molecule has 0 fully saturated rings. The van der Waals surface area contributed by atoms with Crippen LogP contribution in [0.4, 0.5) is 4.79 Å². The van der Waals surface area contributed by atoms with Crippen LogP contribution in [0.1, 0.15) is 30.6 Å². The van der Waals surface area contributed by atoms with Crippen molar-refractivity contribution in [2.75, 3.05) is 6.54 Å². The van der Waals surface area contributed by atoms with Gasteiger partial charge in [0.25, 0.3) is 0 Å². The minimum Gasteiger partial charge on any atom is -0.508 e. The number of benzene rings is 2. The molecule has 2 rings (SSSR count). The van der Waals surface area contributed by atoms with Gasteiger partial charge in [0.05, 0.1) is 6.10 Å². The van der Waals surface area contributed by atoms with E-state index in [1.807, 2.05) is 43.3 Å². The molecule has 0 bridgehead atoms. The number of rotatable bonds is 7. The van der Waals surface area contributed by atoms with Crippen LogP contribution in [0.3, 0.4) is 0 Å². The minimum absolute atomic E-state index is 0.152. The summed E-state index contributed by atoms with van der Waals surface area (Å²) in [7, 11) is 0. The van der Waals surface area contributed by atoms with Gasteiger partial charge in [-0.15, -0.1) is 0 Å². The zero-order valence-corrected chi connectivity index (χ0v) is 13.8. The normalized spacial score (nSPS) is 13.1. The van der Waals surface area contributed by atoms with E-state index in [-0.39, 0.29) is 17.8 Å². The molecule has 0 heterocycles. The average molecular weight is 328 g/mol. The Bertz CT molecular complexity index is 646. The second-order valence-electron chi connectivity index (χ2n) is 5.88. The van der Waals surface area contributed by atoms with E-state index >= 15 is 0 Å². The van der Waals surface area contributed by atoms with E-state index in [1.165, 1.54) is 0 Å². The Morgan fingerprint density at radius 3 is 2.58 bits per heavy atom. The molecule has 4 N–H and O–H groups in total. The van der Waals surface area contributed by atoms with Crippen molar-refractivity contribution < 1.29 is 15.0 Å². The Hall–Kier alpha value is -2.53. The highest BCUT2D eigenvalue weighted by Crippen LogP contribution is 2.17. The first-order valence-electron chi connectivity index (χ1n) is 8.10. The zero-order valence-electron chi connectivity index (χ0n) is 13.8. The maximum Gasteiger partial charge on any atom is 0.315 e. The van der Waals surface area contributed by atoms with E-state index in [2.05, 4.69) is 10.6 Å². The number of nitrogens with one attached hydrogen (secondary N) is 2. The van der Waals surface area contributed by atoms with Crippen LogP contribution in [-0.2, 0) is 6.42 Å². The lowest BCUT2D eigenvalue weighted by Gasteiger charge is -2.18. The molecule has 24 heavy (non-hydrogen) atoms. The van der Waals surface area contributed by atoms with Crippen molar-refractivity contribution in [1.29, 1.82) is 0 Å². The predicted octanol–water partition coefficient (Wildman–Crippen LogP) is 2.75. The number of hydrogen-bond acceptors (Lipinski definition) is 3. The Balaban J connectivity index is 1.70. The summed E-state index contributed by atoms with van der Waals surface area (Å²) in [5, 5.41) is 25.2. The van der Waals surface area contributed by atoms with Crippen LogP contribution in [0, 0.1) is 0 Å². The molecular weight excluding hydrogens is 304 g/mol. The summed E-state index contributed by atoms with van der Waals surface area (Å²) >= 11 is 0. The van der Waals surface area contributed by atoms with Crippen molar-refractivity contribution >= 4 is 6.03 Å². The van der Waals surface area contributed by atoms with Crippen LogP contribution < -0.4 is 10.6 Å². The number of aliphatic hydroxyl groups excluding tert-OH is 1. The lowest BCUT2D eigenvalue weighted by Crippen LogP contribution is -2.42. The summed E-state index contributed by atoms with van der Waals surface area (Å²) in [6.07, 6.45) is 0.487. The topological polar surface area (TPSA) is 81.6 Å². The maximum atomic E-state index is 11.9. The molecule has 0 aliphatic rings. The monoisotopic (exact) mass is 328 g/mol. The summed E-state index contributed by atoms with van der Waals surface area (Å²) in [4.78, 5) is 11.9. The first kappa shape index (κ1) is 17.8. The molecule has 0 aliphatic carbocycles. The first-order valence-corrected chi connectivity index (χ1v) is 8.10. The van der Waals surface area contributed by atoms with Gasteiger partial charge in [0.1, 0.15) is 5.75 Å². The van der Waals surface area contributed by atoms with Crippen molar-refractivity contribution in [3.8, 4) is 5.75 Å². The third-order valence-corrected chi connectivity index (χ3v) is 3.75. The number of urea groups is 1. The SMILES string of the molecule is CC(CC(O)c1ccccc1)NC(=O)NCCc1cccc(O)c1. The van der Waals surface area contributed by atoms with E-state index in [1.54, 1.807) is 18.2 Å². The third-order valence-electron chi connectivity index (χ3n) is 3.75. The third kappa shape index (κ3) is 5.93. The van der Waals surface area contributed by atoms with Gasteiger partial charge < -0.3 is 20.8 Å². The number of phenols is 1. The van der Waals surface area contributed by atoms with Gasteiger partial charge in [-0.05, 0) is 43.0 Å². The highest BCUT2D eigenvalue weighted by molar-refractivity contribution is 5.74. The van der Waals surface area contributed by atoms with Gasteiger partial charge in [-0.25, -0.2) is 4.79 Å². The van der Waals surface area contributed by atoms with Gasteiger partial charge in [0.15, 0.2) is 0 Å². The van der Waals surface area contributed by atoms with Crippen molar-refractivity contribution in [2.24, 2.45) is 0 Å². The summed E-state index contributed by atoms with van der Waals surface area (Å²) in [5.74, 6) is 0.223. The Labute approximate surface area is 142 Å². The molecule has 2 unspecified atom stereocenters. The maximum absolute atomic E-state index is 11.9. The Kier molecular flexibility index (Phi) is 6.63. The van der Waals surface area contributed by atoms with E-state index in [0.29, 0.717) is 19.4 Å². The van der Waals surface area contributed by atoms with Gasteiger partial charge in [-0.2, -0.15) is 0 Å². The van der Waals surface area contributed by atoms with E-state index in [0.717, 1.165) is 11.1 Å². The molecule has 2 aromatic rings. The summed E-state index contributed by atoms with van der Waals surface area (Å²) in [5.41, 5.74) is 1.80. The highest BCUT2D eigenvalue weighted by Gasteiger charge is 2.14. The number of carbonyl (C=O) groups is 1. The predicted molar refractivity (Wildman–Crippen MR) is 93.8 cm³/mol. The van der Waals surface area contributed by atoms with Gasteiger partial charge >= 0.3 is 6.03 Å². The molecule has 5 nitrogen and oxygen atoms in total. The fourth-order valence-corrected chi connectivity index (χ4v) is 2.51. The Morgan fingerprint density at radius 2 is 1.88 bits per heavy atom. The summed E-state index contributed by atoms with van der Waals surface area (Å²) < 4.78 is 0. The van der Waals surface area contributed by atoms with E-state index < -0.39 is 6.10 Å². The summed E-state index contributed by atoms with van der Waals surface area (Å²) in [6.45, 7) is 2.34. The van der Waals surface area contributed by atoms with Crippen LogP contribution in [0.25, 0.3) is 0 Å². The first-order chi connectivity index (χ1) is 11.5. The highest BCUT2D eigenvalue weighted by atomic mass is 16.3. The average Bonchev–Trinajstić information content (AvgIpc) is 2.55. The Morgan fingerprint density at radius 1 is 1.12 bits per heavy atom. The van der Waals surface area contributed by atoms with Crippen LogP contribution >= 0.6 is 0 Å². The molecule has 0 saturated carbocycles. The molecule has 0 aromatic heterocycles. The molecule has 2 aromatic carbocycles. The number of carbonyl (C=O) groups excluding carboxylic acids is 1. The number of phenolic OH excluding ortho intramolecular Hbond substituents is 1. The van der Waals surface area contributed by atoms with Crippen molar-refractivity contribution in [3.05, 3.63) is 65.7 Å². The van der Waals surface area contributed by atoms with Gasteiger partial charge in [-0.3, -0.25) is 0 Å². The minimum atomic E-state index is -0.603. The molecule has 0 saturated heterocycles. The molecular formula is C19H24N2O3. The van der Waals surface area contributed by atoms with Crippen molar-refractivity contribution in [1.82, 2.24) is 10.6 Å². The number of aromatic hydroxyl groups is 1. The molecule has 2 amide bonds. The fraction of sp³-hybridized carbons (Fsp3) is 0.316. The number of hydrogen-bond donors (Lipinski definition) is 4. The fourth-order valence-electron chi connectivity index (χ4n) is 2.51. The quantitative estimate of drug-likeness (QED) is 0.631. The largest absolute Gasteiger partial charge is 0.508 e. The van der Waals surface area contributed by atoms with Crippen LogP contribution in [0.15, 0.2) is 54.6 Å². The van der Waals surface area contributed by atoms with Crippen molar-refractivity contribution in [2.45, 2.75) is 31.9 Å². The van der Waals surface area contributed by atoms with Gasteiger partial charge in [-0.1, -0.05) is 42.5 Å². The smallest absolute Gasteiger partial charge is 0.315 e. The van der Waals surface area contributed by atoms with Crippen LogP contribution in [-0.4, -0.2) is 28.8 Å². The van der Waals surface area contributed by atoms with Crippen molar-refractivity contribution in [3.63, 3.8) is 0 Å². The van der Waals surface area contributed by atoms with Gasteiger partial charge in [0, 0.05) is 12.6 Å².